The minimum atomic E-state index is -0.502. The molecule has 0 aromatic carbocycles. The Hall–Kier alpha value is -1.32. The largest absolute Gasteiger partial charge is 0.463 e. The number of esters is 2. The molecule has 104 valence electrons. The van der Waals surface area contributed by atoms with E-state index in [0.29, 0.717) is 6.61 Å². The maximum Gasteiger partial charge on any atom is 0.331 e. The van der Waals surface area contributed by atoms with Gasteiger partial charge in [0.2, 0.25) is 0 Å². The molecule has 0 rings (SSSR count). The van der Waals surface area contributed by atoms with E-state index >= 15 is 0 Å². The number of carbonyl (C=O) groups is 2. The highest BCUT2D eigenvalue weighted by atomic mass is 16.5. The molecule has 0 radical (unpaired) electrons. The fourth-order valence-corrected chi connectivity index (χ4v) is 1.38. The zero-order valence-electron chi connectivity index (χ0n) is 11.8. The van der Waals surface area contributed by atoms with E-state index in [2.05, 4.69) is 0 Å². The van der Waals surface area contributed by atoms with Crippen molar-refractivity contribution in [2.75, 3.05) is 6.61 Å². The summed E-state index contributed by atoms with van der Waals surface area (Å²) in [5.41, 5.74) is 0. The molecule has 0 N–H and O–H groups in total. The molecular weight excluding hydrogens is 232 g/mol. The Morgan fingerprint density at radius 1 is 1.11 bits per heavy atom. The van der Waals surface area contributed by atoms with Gasteiger partial charge in [0.1, 0.15) is 6.10 Å². The van der Waals surface area contributed by atoms with Crippen LogP contribution in [0.15, 0.2) is 12.2 Å². The standard InChI is InChI=1S/C14H24O4/c1-5-7-10-17-13(15)8-9-14(16)18-12(6-2)11(3)4/h8-9,11-12H,5-7,10H2,1-4H3/b9-8+. The summed E-state index contributed by atoms with van der Waals surface area (Å²) in [5.74, 6) is -0.732. The number of unbranched alkanes of at least 4 members (excludes halogenated alkanes) is 1. The van der Waals surface area contributed by atoms with Gasteiger partial charge in [-0.05, 0) is 18.8 Å². The summed E-state index contributed by atoms with van der Waals surface area (Å²) in [6.07, 6.45) is 4.68. The van der Waals surface area contributed by atoms with E-state index in [1.165, 1.54) is 0 Å². The molecule has 0 spiro atoms. The Bertz CT molecular complexity index is 282. The first kappa shape index (κ1) is 16.7. The van der Waals surface area contributed by atoms with Crippen molar-refractivity contribution >= 4 is 11.9 Å². The molecule has 18 heavy (non-hydrogen) atoms. The smallest absolute Gasteiger partial charge is 0.331 e. The molecule has 0 aromatic heterocycles. The highest BCUT2D eigenvalue weighted by Crippen LogP contribution is 2.10. The van der Waals surface area contributed by atoms with Gasteiger partial charge in [-0.25, -0.2) is 9.59 Å². The van der Waals surface area contributed by atoms with Crippen LogP contribution in [0.5, 0.6) is 0 Å². The highest BCUT2D eigenvalue weighted by Gasteiger charge is 2.14. The highest BCUT2D eigenvalue weighted by molar-refractivity contribution is 5.91. The summed E-state index contributed by atoms with van der Waals surface area (Å²) in [7, 11) is 0. The van der Waals surface area contributed by atoms with E-state index in [0.717, 1.165) is 31.4 Å². The summed E-state index contributed by atoms with van der Waals surface area (Å²) < 4.78 is 10.1. The molecule has 0 heterocycles. The quantitative estimate of drug-likeness (QED) is 0.380. The third-order valence-electron chi connectivity index (χ3n) is 2.51. The van der Waals surface area contributed by atoms with Gasteiger partial charge in [0.15, 0.2) is 0 Å². The van der Waals surface area contributed by atoms with Gasteiger partial charge < -0.3 is 9.47 Å². The third-order valence-corrected chi connectivity index (χ3v) is 2.51. The van der Waals surface area contributed by atoms with E-state index in [1.807, 2.05) is 27.7 Å². The Labute approximate surface area is 109 Å². The predicted octanol–water partition coefficient (Wildman–Crippen LogP) is 2.86. The van der Waals surface area contributed by atoms with Crippen molar-refractivity contribution < 1.29 is 19.1 Å². The van der Waals surface area contributed by atoms with Gasteiger partial charge in [0, 0.05) is 12.2 Å². The van der Waals surface area contributed by atoms with Crippen LogP contribution in [-0.4, -0.2) is 24.6 Å². The Kier molecular flexibility index (Phi) is 8.97. The normalized spacial score (nSPS) is 12.7. The topological polar surface area (TPSA) is 52.6 Å². The maximum absolute atomic E-state index is 11.4. The summed E-state index contributed by atoms with van der Waals surface area (Å²) in [4.78, 5) is 22.6. The van der Waals surface area contributed by atoms with Gasteiger partial charge >= 0.3 is 11.9 Å². The minimum absolute atomic E-state index is 0.113. The fraction of sp³-hybridized carbons (Fsp3) is 0.714. The molecule has 1 unspecified atom stereocenters. The molecule has 0 aromatic rings. The lowest BCUT2D eigenvalue weighted by Crippen LogP contribution is -2.21. The lowest BCUT2D eigenvalue weighted by atomic mass is 10.1. The SMILES string of the molecule is CCCCOC(=O)/C=C/C(=O)OC(CC)C(C)C. The first-order chi connectivity index (χ1) is 8.51. The summed E-state index contributed by atoms with van der Waals surface area (Å²) in [6.45, 7) is 8.34. The van der Waals surface area contributed by atoms with Gasteiger partial charge in [-0.3, -0.25) is 0 Å². The van der Waals surface area contributed by atoms with Crippen LogP contribution in [0.1, 0.15) is 47.0 Å². The minimum Gasteiger partial charge on any atom is -0.463 e. The number of rotatable bonds is 8. The number of hydrogen-bond acceptors (Lipinski definition) is 4. The zero-order chi connectivity index (χ0) is 14.0. The van der Waals surface area contributed by atoms with Gasteiger partial charge in [-0.2, -0.15) is 0 Å². The Morgan fingerprint density at radius 3 is 2.22 bits per heavy atom. The van der Waals surface area contributed by atoms with E-state index < -0.39 is 11.9 Å². The van der Waals surface area contributed by atoms with Gasteiger partial charge in [-0.15, -0.1) is 0 Å². The van der Waals surface area contributed by atoms with Gasteiger partial charge in [0.25, 0.3) is 0 Å². The maximum atomic E-state index is 11.4. The van der Waals surface area contributed by atoms with Crippen molar-refractivity contribution in [3.05, 3.63) is 12.2 Å². The lowest BCUT2D eigenvalue weighted by Gasteiger charge is -2.18. The number of ether oxygens (including phenoxy) is 2. The summed E-state index contributed by atoms with van der Waals surface area (Å²) in [5, 5.41) is 0. The second-order valence-corrected chi connectivity index (χ2v) is 4.48. The van der Waals surface area contributed by atoms with Crippen molar-refractivity contribution in [2.45, 2.75) is 53.1 Å². The van der Waals surface area contributed by atoms with Crippen LogP contribution in [-0.2, 0) is 19.1 Å². The molecule has 0 saturated carbocycles. The zero-order valence-corrected chi connectivity index (χ0v) is 11.8. The van der Waals surface area contributed by atoms with Gasteiger partial charge in [-0.1, -0.05) is 34.1 Å². The molecule has 0 aliphatic rings. The molecular formula is C14H24O4. The van der Waals surface area contributed by atoms with Crippen LogP contribution in [0, 0.1) is 5.92 Å². The first-order valence-corrected chi connectivity index (χ1v) is 6.56. The van der Waals surface area contributed by atoms with Crippen LogP contribution < -0.4 is 0 Å². The molecule has 4 nitrogen and oxygen atoms in total. The molecule has 1 atom stereocenters. The van der Waals surface area contributed by atoms with E-state index in [1.54, 1.807) is 0 Å². The van der Waals surface area contributed by atoms with Crippen molar-refractivity contribution in [3.8, 4) is 0 Å². The van der Waals surface area contributed by atoms with E-state index in [9.17, 15) is 9.59 Å². The molecule has 0 amide bonds. The van der Waals surface area contributed by atoms with Crippen LogP contribution in [0.4, 0.5) is 0 Å². The lowest BCUT2D eigenvalue weighted by molar-refractivity contribution is -0.146. The van der Waals surface area contributed by atoms with Crippen molar-refractivity contribution in [1.82, 2.24) is 0 Å². The Morgan fingerprint density at radius 2 is 1.72 bits per heavy atom. The molecule has 0 aliphatic heterocycles. The third kappa shape index (κ3) is 7.87. The second kappa shape index (κ2) is 9.68. The average Bonchev–Trinajstić information content (AvgIpc) is 2.33. The molecule has 0 aliphatic carbocycles. The molecule has 0 bridgehead atoms. The first-order valence-electron chi connectivity index (χ1n) is 6.56. The molecule has 0 saturated heterocycles. The second-order valence-electron chi connectivity index (χ2n) is 4.48. The van der Waals surface area contributed by atoms with E-state index in [4.69, 9.17) is 9.47 Å². The Balaban J connectivity index is 4.02. The fourth-order valence-electron chi connectivity index (χ4n) is 1.38. The number of carbonyl (C=O) groups excluding carboxylic acids is 2. The average molecular weight is 256 g/mol. The van der Waals surface area contributed by atoms with Crippen LogP contribution in [0.25, 0.3) is 0 Å². The summed E-state index contributed by atoms with van der Waals surface area (Å²) in [6, 6.07) is 0. The number of hydrogen-bond donors (Lipinski definition) is 0. The van der Waals surface area contributed by atoms with Crippen molar-refractivity contribution in [3.63, 3.8) is 0 Å². The van der Waals surface area contributed by atoms with Crippen LogP contribution in [0.2, 0.25) is 0 Å². The van der Waals surface area contributed by atoms with Crippen molar-refractivity contribution in [2.24, 2.45) is 5.92 Å². The van der Waals surface area contributed by atoms with Gasteiger partial charge in [0.05, 0.1) is 6.61 Å². The molecule has 0 fully saturated rings. The predicted molar refractivity (Wildman–Crippen MR) is 70.0 cm³/mol. The summed E-state index contributed by atoms with van der Waals surface area (Å²) >= 11 is 0. The van der Waals surface area contributed by atoms with Crippen molar-refractivity contribution in [1.29, 1.82) is 0 Å². The van der Waals surface area contributed by atoms with Crippen LogP contribution in [0.3, 0.4) is 0 Å². The van der Waals surface area contributed by atoms with E-state index in [-0.39, 0.29) is 12.0 Å². The molecule has 4 heteroatoms. The monoisotopic (exact) mass is 256 g/mol. The van der Waals surface area contributed by atoms with Crippen LogP contribution >= 0.6 is 0 Å².